The van der Waals surface area contributed by atoms with Gasteiger partial charge in [0.2, 0.25) is 0 Å². The fourth-order valence-corrected chi connectivity index (χ4v) is 0.818. The molecule has 0 heterocycles. The first-order chi connectivity index (χ1) is 6.26. The molecule has 0 radical (unpaired) electrons. The number of nitrogens with one attached hydrogen (secondary N) is 1. The van der Waals surface area contributed by atoms with Crippen molar-refractivity contribution in [3.8, 4) is 0 Å². The summed E-state index contributed by atoms with van der Waals surface area (Å²) in [6.45, 7) is 8.06. The van der Waals surface area contributed by atoms with Crippen LogP contribution < -0.4 is 5.73 Å². The Labute approximate surface area is 82.0 Å². The van der Waals surface area contributed by atoms with Gasteiger partial charge in [0.15, 0.2) is 0 Å². The largest absolute Gasteiger partial charge is 0.398 e. The van der Waals surface area contributed by atoms with Crippen LogP contribution in [-0.4, -0.2) is 6.21 Å². The molecule has 0 fully saturated rings. The van der Waals surface area contributed by atoms with Gasteiger partial charge in [-0.3, -0.25) is 0 Å². The van der Waals surface area contributed by atoms with E-state index in [2.05, 4.69) is 0 Å². The van der Waals surface area contributed by atoms with Gasteiger partial charge >= 0.3 is 0 Å². The van der Waals surface area contributed by atoms with Gasteiger partial charge in [0.05, 0.1) is 0 Å². The number of hydrogen-bond acceptors (Lipinski definition) is 2. The molecule has 0 aliphatic heterocycles. The Kier molecular flexibility index (Phi) is 12.2. The maximum absolute atomic E-state index is 7.06. The van der Waals surface area contributed by atoms with Crippen molar-refractivity contribution >= 4 is 6.21 Å². The summed E-state index contributed by atoms with van der Waals surface area (Å²) in [5.74, 6) is 0. The standard InChI is InChI=1S/C9H16N2.C2H6/c1-3-5-8(7-10)9(11)6-4-2;1-2/h5-7,10H,3-4,11H2,1-2H3;1-2H3/b8-5-,9-6+,10-7?;. The summed E-state index contributed by atoms with van der Waals surface area (Å²) >= 11 is 0. The van der Waals surface area contributed by atoms with Crippen molar-refractivity contribution in [2.24, 2.45) is 5.73 Å². The van der Waals surface area contributed by atoms with Crippen LogP contribution in [0.15, 0.2) is 23.4 Å². The first-order valence-corrected chi connectivity index (χ1v) is 4.92. The molecule has 0 rings (SSSR count). The van der Waals surface area contributed by atoms with Crippen molar-refractivity contribution in [2.45, 2.75) is 40.5 Å². The lowest BCUT2D eigenvalue weighted by Crippen LogP contribution is -2.01. The van der Waals surface area contributed by atoms with Crippen LogP contribution in [0.5, 0.6) is 0 Å². The van der Waals surface area contributed by atoms with Crippen LogP contribution in [0.4, 0.5) is 0 Å². The number of nitrogens with two attached hydrogens (primary N) is 1. The molecule has 2 heteroatoms. The fourth-order valence-electron chi connectivity index (χ4n) is 0.818. The van der Waals surface area contributed by atoms with Gasteiger partial charge in [0.1, 0.15) is 0 Å². The lowest BCUT2D eigenvalue weighted by atomic mass is 10.1. The van der Waals surface area contributed by atoms with Crippen LogP contribution in [0.1, 0.15) is 40.5 Å². The highest BCUT2D eigenvalue weighted by molar-refractivity contribution is 5.81. The third-order valence-corrected chi connectivity index (χ3v) is 1.34. The second kappa shape index (κ2) is 11.0. The number of hydrogen-bond donors (Lipinski definition) is 2. The Hall–Kier alpha value is -1.05. The molecule has 0 bridgehead atoms. The normalized spacial score (nSPS) is 11.7. The average molecular weight is 182 g/mol. The van der Waals surface area contributed by atoms with E-state index in [1.54, 1.807) is 0 Å². The second-order valence-corrected chi connectivity index (χ2v) is 2.28. The lowest BCUT2D eigenvalue weighted by Gasteiger charge is -1.99. The lowest BCUT2D eigenvalue weighted by molar-refractivity contribution is 1.16. The van der Waals surface area contributed by atoms with E-state index in [-0.39, 0.29) is 0 Å². The minimum absolute atomic E-state index is 0.712. The predicted octanol–water partition coefficient (Wildman–Crippen LogP) is 3.25. The number of rotatable bonds is 4. The highest BCUT2D eigenvalue weighted by Crippen LogP contribution is 2.02. The molecule has 0 aromatic carbocycles. The van der Waals surface area contributed by atoms with E-state index in [9.17, 15) is 0 Å². The maximum Gasteiger partial charge on any atom is 0.0359 e. The molecule has 0 atom stereocenters. The molecule has 3 N–H and O–H groups in total. The second-order valence-electron chi connectivity index (χ2n) is 2.28. The zero-order valence-corrected chi connectivity index (χ0v) is 9.22. The molecule has 0 saturated carbocycles. The summed E-state index contributed by atoms with van der Waals surface area (Å²) in [7, 11) is 0. The van der Waals surface area contributed by atoms with Crippen LogP contribution in [0.25, 0.3) is 0 Å². The molecule has 13 heavy (non-hydrogen) atoms. The van der Waals surface area contributed by atoms with Crippen LogP contribution in [0.3, 0.4) is 0 Å². The molecule has 0 unspecified atom stereocenters. The van der Waals surface area contributed by atoms with Crippen molar-refractivity contribution in [2.75, 3.05) is 0 Å². The number of allylic oxidation sites excluding steroid dienone is 3. The first-order valence-electron chi connectivity index (χ1n) is 4.92. The van der Waals surface area contributed by atoms with E-state index in [0.29, 0.717) is 5.70 Å². The van der Waals surface area contributed by atoms with Crippen molar-refractivity contribution in [1.82, 2.24) is 0 Å². The van der Waals surface area contributed by atoms with E-state index in [4.69, 9.17) is 11.1 Å². The van der Waals surface area contributed by atoms with Crippen LogP contribution in [0, 0.1) is 5.41 Å². The van der Waals surface area contributed by atoms with Crippen LogP contribution in [0.2, 0.25) is 0 Å². The SMILES string of the molecule is CC.CC/C=C(N)\C(C=N)=C/CC. The molecule has 0 amide bonds. The summed E-state index contributed by atoms with van der Waals surface area (Å²) in [4.78, 5) is 0. The van der Waals surface area contributed by atoms with Gasteiger partial charge < -0.3 is 11.1 Å². The molecule has 0 saturated heterocycles. The monoisotopic (exact) mass is 182 g/mol. The topological polar surface area (TPSA) is 49.9 Å². The zero-order chi connectivity index (χ0) is 10.7. The van der Waals surface area contributed by atoms with E-state index in [0.717, 1.165) is 18.4 Å². The van der Waals surface area contributed by atoms with Crippen molar-refractivity contribution in [1.29, 1.82) is 5.41 Å². The molecular weight excluding hydrogens is 160 g/mol. The van der Waals surface area contributed by atoms with Crippen molar-refractivity contribution in [3.05, 3.63) is 23.4 Å². The summed E-state index contributed by atoms with van der Waals surface area (Å²) in [5, 5.41) is 7.06. The Morgan fingerprint density at radius 2 is 1.62 bits per heavy atom. The third kappa shape index (κ3) is 7.32. The molecule has 0 spiro atoms. The fraction of sp³-hybridized carbons (Fsp3) is 0.545. The van der Waals surface area contributed by atoms with Gasteiger partial charge in [-0.2, -0.15) is 0 Å². The summed E-state index contributed by atoms with van der Waals surface area (Å²) in [5.41, 5.74) is 7.21. The average Bonchev–Trinajstić information content (AvgIpc) is 2.17. The molecule has 0 aromatic rings. The van der Waals surface area contributed by atoms with Gasteiger partial charge in [0, 0.05) is 17.5 Å². The Balaban J connectivity index is 0. The van der Waals surface area contributed by atoms with E-state index in [1.165, 1.54) is 6.21 Å². The molecule has 0 aliphatic carbocycles. The van der Waals surface area contributed by atoms with Crippen LogP contribution >= 0.6 is 0 Å². The van der Waals surface area contributed by atoms with Gasteiger partial charge in [-0.25, -0.2) is 0 Å². The Morgan fingerprint density at radius 3 is 1.92 bits per heavy atom. The molecule has 2 nitrogen and oxygen atoms in total. The molecule has 0 aliphatic rings. The van der Waals surface area contributed by atoms with E-state index < -0.39 is 0 Å². The smallest absolute Gasteiger partial charge is 0.0359 e. The molecule has 76 valence electrons. The zero-order valence-electron chi connectivity index (χ0n) is 9.22. The highest BCUT2D eigenvalue weighted by atomic mass is 14.6. The molecular formula is C11H22N2. The Morgan fingerprint density at radius 1 is 1.15 bits per heavy atom. The van der Waals surface area contributed by atoms with E-state index >= 15 is 0 Å². The van der Waals surface area contributed by atoms with Gasteiger partial charge in [-0.05, 0) is 12.8 Å². The van der Waals surface area contributed by atoms with Crippen molar-refractivity contribution in [3.63, 3.8) is 0 Å². The quantitative estimate of drug-likeness (QED) is 0.509. The highest BCUT2D eigenvalue weighted by Gasteiger charge is 1.93. The Bertz CT molecular complexity index is 179. The minimum Gasteiger partial charge on any atom is -0.398 e. The summed E-state index contributed by atoms with van der Waals surface area (Å²) in [6, 6.07) is 0. The van der Waals surface area contributed by atoms with Crippen LogP contribution in [-0.2, 0) is 0 Å². The third-order valence-electron chi connectivity index (χ3n) is 1.34. The molecule has 0 aromatic heterocycles. The van der Waals surface area contributed by atoms with Crippen molar-refractivity contribution < 1.29 is 0 Å². The summed E-state index contributed by atoms with van der Waals surface area (Å²) < 4.78 is 0. The maximum atomic E-state index is 7.06. The van der Waals surface area contributed by atoms with Gasteiger partial charge in [-0.15, -0.1) is 0 Å². The summed E-state index contributed by atoms with van der Waals surface area (Å²) in [6.07, 6.45) is 7.01. The predicted molar refractivity (Wildman–Crippen MR) is 61.1 cm³/mol. The van der Waals surface area contributed by atoms with Gasteiger partial charge in [0.25, 0.3) is 0 Å². The van der Waals surface area contributed by atoms with E-state index in [1.807, 2.05) is 39.8 Å². The minimum atomic E-state index is 0.712. The van der Waals surface area contributed by atoms with Gasteiger partial charge in [-0.1, -0.05) is 39.8 Å². The first kappa shape index (κ1) is 14.5.